The molecule has 3 nitrogen and oxygen atoms in total. The molecule has 0 aliphatic carbocycles. The summed E-state index contributed by atoms with van der Waals surface area (Å²) in [6.07, 6.45) is 0. The van der Waals surface area contributed by atoms with Crippen LogP contribution in [0.5, 0.6) is 0 Å². The summed E-state index contributed by atoms with van der Waals surface area (Å²) in [7, 11) is 0. The van der Waals surface area contributed by atoms with Gasteiger partial charge in [0.05, 0.1) is 23.8 Å². The summed E-state index contributed by atoms with van der Waals surface area (Å²) in [5.41, 5.74) is 1.11. The summed E-state index contributed by atoms with van der Waals surface area (Å²) in [6.45, 7) is 3.77. The number of nitrogens with zero attached hydrogens (tertiary/aromatic N) is 2. The quantitative estimate of drug-likeness (QED) is 0.811. The molecule has 0 atom stereocenters. The average Bonchev–Trinajstić information content (AvgIpc) is 2.71. The van der Waals surface area contributed by atoms with Crippen molar-refractivity contribution in [2.45, 2.75) is 13.5 Å². The number of aromatic nitrogens is 1. The highest BCUT2D eigenvalue weighted by atomic mass is 32.2. The van der Waals surface area contributed by atoms with Crippen molar-refractivity contribution in [2.75, 3.05) is 12.3 Å². The van der Waals surface area contributed by atoms with Crippen LogP contribution in [-0.4, -0.2) is 22.4 Å². The van der Waals surface area contributed by atoms with E-state index in [4.69, 9.17) is 0 Å². The summed E-state index contributed by atoms with van der Waals surface area (Å²) >= 11 is 3.47. The summed E-state index contributed by atoms with van der Waals surface area (Å²) in [6, 6.07) is 0. The second-order valence-corrected chi connectivity index (χ2v) is 4.89. The minimum absolute atomic E-state index is 0.802. The predicted molar refractivity (Wildman–Crippen MR) is 58.5 cm³/mol. The van der Waals surface area contributed by atoms with Crippen molar-refractivity contribution in [3.63, 3.8) is 0 Å². The van der Waals surface area contributed by atoms with Gasteiger partial charge in [0.15, 0.2) is 5.17 Å². The third kappa shape index (κ3) is 2.45. The minimum atomic E-state index is 0.802. The molecule has 1 aromatic rings. The van der Waals surface area contributed by atoms with Gasteiger partial charge in [0.1, 0.15) is 0 Å². The van der Waals surface area contributed by atoms with Crippen LogP contribution in [0.2, 0.25) is 0 Å². The van der Waals surface area contributed by atoms with E-state index in [1.165, 1.54) is 0 Å². The highest BCUT2D eigenvalue weighted by Gasteiger charge is 2.06. The van der Waals surface area contributed by atoms with Crippen LogP contribution >= 0.6 is 23.1 Å². The van der Waals surface area contributed by atoms with Crippen LogP contribution in [0.15, 0.2) is 10.4 Å². The number of thiazole rings is 1. The number of aliphatic imine (C=N–C) groups is 1. The molecule has 1 N–H and O–H groups in total. The number of amidine groups is 1. The first kappa shape index (κ1) is 9.02. The van der Waals surface area contributed by atoms with Crippen molar-refractivity contribution in [2.24, 2.45) is 4.99 Å². The van der Waals surface area contributed by atoms with Gasteiger partial charge in [0.25, 0.3) is 0 Å². The Bertz CT molecular complexity index is 319. The zero-order valence-electron chi connectivity index (χ0n) is 7.41. The van der Waals surface area contributed by atoms with E-state index in [1.54, 1.807) is 23.1 Å². The zero-order valence-corrected chi connectivity index (χ0v) is 9.04. The molecule has 70 valence electrons. The van der Waals surface area contributed by atoms with Gasteiger partial charge in [0, 0.05) is 11.1 Å². The molecular formula is C8H11N3S2. The van der Waals surface area contributed by atoms with E-state index in [2.05, 4.69) is 20.7 Å². The van der Waals surface area contributed by atoms with E-state index < -0.39 is 0 Å². The highest BCUT2D eigenvalue weighted by Crippen LogP contribution is 2.11. The van der Waals surface area contributed by atoms with E-state index in [-0.39, 0.29) is 0 Å². The van der Waals surface area contributed by atoms with Crippen LogP contribution in [0.1, 0.15) is 10.7 Å². The maximum absolute atomic E-state index is 4.36. The smallest absolute Gasteiger partial charge is 0.156 e. The molecule has 1 aliphatic rings. The van der Waals surface area contributed by atoms with Crippen LogP contribution in [0.4, 0.5) is 0 Å². The second-order valence-electron chi connectivity index (χ2n) is 2.75. The molecule has 5 heteroatoms. The van der Waals surface area contributed by atoms with Crippen molar-refractivity contribution in [3.8, 4) is 0 Å². The maximum atomic E-state index is 4.36. The Balaban J connectivity index is 1.85. The van der Waals surface area contributed by atoms with E-state index in [9.17, 15) is 0 Å². The van der Waals surface area contributed by atoms with Crippen LogP contribution in [0, 0.1) is 6.92 Å². The molecule has 0 unspecified atom stereocenters. The molecule has 0 amide bonds. The molecule has 0 bridgehead atoms. The van der Waals surface area contributed by atoms with E-state index in [0.717, 1.165) is 34.7 Å². The second kappa shape index (κ2) is 4.11. The Kier molecular flexibility index (Phi) is 2.85. The van der Waals surface area contributed by atoms with E-state index >= 15 is 0 Å². The first-order valence-electron chi connectivity index (χ1n) is 4.17. The van der Waals surface area contributed by atoms with Crippen molar-refractivity contribution in [3.05, 3.63) is 16.1 Å². The summed E-state index contributed by atoms with van der Waals surface area (Å²) in [4.78, 5) is 8.67. The lowest BCUT2D eigenvalue weighted by atomic mass is 10.5. The average molecular weight is 213 g/mol. The number of rotatable bonds is 2. The Hall–Kier alpha value is -0.550. The van der Waals surface area contributed by atoms with E-state index in [0.29, 0.717) is 0 Å². The fraction of sp³-hybridized carbons (Fsp3) is 0.500. The normalized spacial score (nSPS) is 15.9. The number of hydrogen-bond acceptors (Lipinski definition) is 5. The molecule has 13 heavy (non-hydrogen) atoms. The first-order valence-corrected chi connectivity index (χ1v) is 6.03. The van der Waals surface area contributed by atoms with Crippen molar-refractivity contribution in [1.29, 1.82) is 0 Å². The molecule has 0 saturated heterocycles. The molecule has 2 rings (SSSR count). The van der Waals surface area contributed by atoms with Crippen LogP contribution < -0.4 is 5.32 Å². The van der Waals surface area contributed by atoms with Crippen LogP contribution in [-0.2, 0) is 6.54 Å². The Morgan fingerprint density at radius 3 is 3.15 bits per heavy atom. The standard InChI is InChI=1S/C8H11N3S2/c1-6-11-7(5-13-6)4-10-8-9-2-3-12-8/h5H,2-4H2,1H3,(H,9,10). The van der Waals surface area contributed by atoms with Gasteiger partial charge in [-0.1, -0.05) is 11.8 Å². The number of hydrogen-bond donors (Lipinski definition) is 1. The number of nitrogens with one attached hydrogen (secondary N) is 1. The van der Waals surface area contributed by atoms with Crippen molar-refractivity contribution >= 4 is 28.3 Å². The molecule has 1 aliphatic heterocycles. The summed E-state index contributed by atoms with van der Waals surface area (Å²) in [5.74, 6) is 1.11. The van der Waals surface area contributed by atoms with Gasteiger partial charge in [-0.2, -0.15) is 0 Å². The lowest BCUT2D eigenvalue weighted by Crippen LogP contribution is -2.18. The highest BCUT2D eigenvalue weighted by molar-refractivity contribution is 8.14. The Labute approximate surface area is 85.7 Å². The summed E-state index contributed by atoms with van der Waals surface area (Å²) < 4.78 is 0. The van der Waals surface area contributed by atoms with Gasteiger partial charge < -0.3 is 5.32 Å². The number of thioether (sulfide) groups is 1. The lowest BCUT2D eigenvalue weighted by molar-refractivity contribution is 0.886. The fourth-order valence-corrected chi connectivity index (χ4v) is 2.44. The molecule has 0 spiro atoms. The summed E-state index contributed by atoms with van der Waals surface area (Å²) in [5, 5.41) is 7.54. The van der Waals surface area contributed by atoms with Gasteiger partial charge in [-0.3, -0.25) is 4.99 Å². The van der Waals surface area contributed by atoms with Gasteiger partial charge in [0.2, 0.25) is 0 Å². The fourth-order valence-electron chi connectivity index (χ4n) is 1.10. The molecule has 0 aromatic carbocycles. The van der Waals surface area contributed by atoms with Crippen LogP contribution in [0.25, 0.3) is 0 Å². The maximum Gasteiger partial charge on any atom is 0.156 e. The molecular weight excluding hydrogens is 202 g/mol. The third-order valence-electron chi connectivity index (χ3n) is 1.67. The van der Waals surface area contributed by atoms with Crippen molar-refractivity contribution in [1.82, 2.24) is 10.3 Å². The Morgan fingerprint density at radius 1 is 1.62 bits per heavy atom. The monoisotopic (exact) mass is 213 g/mol. The zero-order chi connectivity index (χ0) is 9.10. The SMILES string of the molecule is Cc1nc(CNC2=NCCS2)cs1. The number of aryl methyl sites for hydroxylation is 1. The van der Waals surface area contributed by atoms with Crippen molar-refractivity contribution < 1.29 is 0 Å². The topological polar surface area (TPSA) is 37.3 Å². The van der Waals surface area contributed by atoms with Gasteiger partial charge in [-0.25, -0.2) is 4.98 Å². The molecule has 0 radical (unpaired) electrons. The minimum Gasteiger partial charge on any atom is -0.359 e. The predicted octanol–water partition coefficient (Wildman–Crippen LogP) is 1.64. The molecule has 0 saturated carbocycles. The van der Waals surface area contributed by atoms with Gasteiger partial charge >= 0.3 is 0 Å². The van der Waals surface area contributed by atoms with Crippen LogP contribution in [0.3, 0.4) is 0 Å². The van der Waals surface area contributed by atoms with Gasteiger partial charge in [-0.05, 0) is 6.92 Å². The molecule has 0 fully saturated rings. The first-order chi connectivity index (χ1) is 6.34. The third-order valence-corrected chi connectivity index (χ3v) is 3.43. The molecule has 2 heterocycles. The lowest BCUT2D eigenvalue weighted by Gasteiger charge is -2.00. The molecule has 1 aromatic heterocycles. The van der Waals surface area contributed by atoms with Gasteiger partial charge in [-0.15, -0.1) is 11.3 Å². The Morgan fingerprint density at radius 2 is 2.54 bits per heavy atom. The largest absolute Gasteiger partial charge is 0.359 e. The van der Waals surface area contributed by atoms with E-state index in [1.807, 2.05) is 6.92 Å².